The van der Waals surface area contributed by atoms with Gasteiger partial charge in [-0.05, 0) is 125 Å². The van der Waals surface area contributed by atoms with Gasteiger partial charge in [0.25, 0.3) is 0 Å². The third kappa shape index (κ3) is 7.12. The standard InChI is InChI=1S/C67H49N/c1-67(2)62-37-18-16-34-58(62)59-41-40-51(44-63(59)67)56-36-21-39-65(66(56)52-30-20-29-49(42-52)46-22-6-3-7-23-46)68(53-43-50-28-12-13-32-55(50)61(45-53)48-26-10-5-11-27-48)64-38-19-17-35-60(64)57-33-15-14-31-54(57)47-24-8-4-9-25-47/h3-45H,1-2H3. The first-order valence-electron chi connectivity index (χ1n) is 23.7. The molecule has 0 radical (unpaired) electrons. The van der Waals surface area contributed by atoms with Crippen molar-refractivity contribution in [2.24, 2.45) is 0 Å². The molecule has 0 amide bonds. The van der Waals surface area contributed by atoms with Crippen molar-refractivity contribution in [2.45, 2.75) is 19.3 Å². The second kappa shape index (κ2) is 17.0. The van der Waals surface area contributed by atoms with Crippen LogP contribution in [0.5, 0.6) is 0 Å². The monoisotopic (exact) mass is 867 g/mol. The molecule has 0 N–H and O–H groups in total. The lowest BCUT2D eigenvalue weighted by molar-refractivity contribution is 0.660. The average molecular weight is 868 g/mol. The summed E-state index contributed by atoms with van der Waals surface area (Å²) < 4.78 is 0. The van der Waals surface area contributed by atoms with E-state index in [4.69, 9.17) is 0 Å². The van der Waals surface area contributed by atoms with Crippen LogP contribution in [0, 0.1) is 0 Å². The number of fused-ring (bicyclic) bond motifs is 4. The van der Waals surface area contributed by atoms with E-state index in [2.05, 4.69) is 280 Å². The highest BCUT2D eigenvalue weighted by atomic mass is 15.1. The van der Waals surface area contributed by atoms with Crippen molar-refractivity contribution >= 4 is 27.8 Å². The highest BCUT2D eigenvalue weighted by molar-refractivity contribution is 6.05. The fourth-order valence-corrected chi connectivity index (χ4v) is 10.8. The number of para-hydroxylation sites is 1. The van der Waals surface area contributed by atoms with Gasteiger partial charge in [-0.1, -0.05) is 238 Å². The molecule has 0 fully saturated rings. The van der Waals surface area contributed by atoms with Crippen LogP contribution in [-0.4, -0.2) is 0 Å². The first-order chi connectivity index (χ1) is 33.5. The molecular formula is C67H49N. The molecule has 0 bridgehead atoms. The topological polar surface area (TPSA) is 3.24 Å². The molecule has 0 saturated carbocycles. The number of anilines is 3. The summed E-state index contributed by atoms with van der Waals surface area (Å²) in [5, 5.41) is 2.40. The SMILES string of the molecule is CC1(C)c2ccccc2-c2ccc(-c3cccc(N(c4cc(-c5ccccc5)c5ccccc5c4)c4ccccc4-c4ccccc4-c4ccccc4)c3-c3cccc(-c4ccccc4)c3)cc21. The van der Waals surface area contributed by atoms with Gasteiger partial charge in [0.1, 0.15) is 0 Å². The van der Waals surface area contributed by atoms with Gasteiger partial charge in [0.15, 0.2) is 0 Å². The molecule has 322 valence electrons. The lowest BCUT2D eigenvalue weighted by atomic mass is 9.81. The Morgan fingerprint density at radius 2 is 0.809 bits per heavy atom. The van der Waals surface area contributed by atoms with Crippen LogP contribution in [0.4, 0.5) is 17.1 Å². The van der Waals surface area contributed by atoms with Crippen LogP contribution in [-0.2, 0) is 5.41 Å². The number of hydrogen-bond donors (Lipinski definition) is 0. The van der Waals surface area contributed by atoms with E-state index in [-0.39, 0.29) is 5.41 Å². The lowest BCUT2D eigenvalue weighted by Gasteiger charge is -2.32. The maximum atomic E-state index is 2.54. The molecule has 0 unspecified atom stereocenters. The second-order valence-electron chi connectivity index (χ2n) is 18.4. The third-order valence-electron chi connectivity index (χ3n) is 14.1. The van der Waals surface area contributed by atoms with E-state index in [0.717, 1.165) is 28.2 Å². The summed E-state index contributed by atoms with van der Waals surface area (Å²) >= 11 is 0. The van der Waals surface area contributed by atoms with Gasteiger partial charge in [0, 0.05) is 22.2 Å². The van der Waals surface area contributed by atoms with Crippen molar-refractivity contribution in [1.82, 2.24) is 0 Å². The van der Waals surface area contributed by atoms with Crippen LogP contribution in [0.25, 0.3) is 88.7 Å². The van der Waals surface area contributed by atoms with Crippen LogP contribution in [0.2, 0.25) is 0 Å². The number of benzene rings is 11. The molecule has 0 atom stereocenters. The van der Waals surface area contributed by atoms with Crippen LogP contribution in [0.15, 0.2) is 261 Å². The van der Waals surface area contributed by atoms with Gasteiger partial charge in [-0.15, -0.1) is 0 Å². The molecule has 1 heteroatoms. The van der Waals surface area contributed by atoms with Crippen molar-refractivity contribution < 1.29 is 0 Å². The summed E-state index contributed by atoms with van der Waals surface area (Å²) in [6, 6.07) is 96.0. The Morgan fingerprint density at radius 1 is 0.279 bits per heavy atom. The summed E-state index contributed by atoms with van der Waals surface area (Å²) in [6.07, 6.45) is 0. The first-order valence-corrected chi connectivity index (χ1v) is 23.7. The molecule has 11 aromatic rings. The first kappa shape index (κ1) is 40.9. The normalized spacial score (nSPS) is 12.4. The molecule has 0 spiro atoms. The van der Waals surface area contributed by atoms with Crippen molar-refractivity contribution in [3.05, 3.63) is 272 Å². The third-order valence-corrected chi connectivity index (χ3v) is 14.1. The Bertz CT molecular complexity index is 3640. The van der Waals surface area contributed by atoms with Gasteiger partial charge in [0.05, 0.1) is 11.4 Å². The van der Waals surface area contributed by atoms with Crippen molar-refractivity contribution in [1.29, 1.82) is 0 Å². The fraction of sp³-hybridized carbons (Fsp3) is 0.0448. The highest BCUT2D eigenvalue weighted by Gasteiger charge is 2.35. The van der Waals surface area contributed by atoms with Crippen molar-refractivity contribution in [3.63, 3.8) is 0 Å². The van der Waals surface area contributed by atoms with Gasteiger partial charge >= 0.3 is 0 Å². The number of rotatable bonds is 9. The molecule has 12 rings (SSSR count). The minimum Gasteiger partial charge on any atom is -0.309 e. The van der Waals surface area contributed by atoms with E-state index >= 15 is 0 Å². The Morgan fingerprint density at radius 3 is 1.57 bits per heavy atom. The molecule has 0 saturated heterocycles. The Labute approximate surface area is 399 Å². The molecule has 0 aliphatic heterocycles. The smallest absolute Gasteiger partial charge is 0.0546 e. The van der Waals surface area contributed by atoms with Gasteiger partial charge in [0.2, 0.25) is 0 Å². The largest absolute Gasteiger partial charge is 0.309 e. The van der Waals surface area contributed by atoms with E-state index in [1.165, 1.54) is 88.7 Å². The highest BCUT2D eigenvalue weighted by Crippen LogP contribution is 2.53. The molecule has 0 aromatic heterocycles. The van der Waals surface area contributed by atoms with Gasteiger partial charge in [-0.25, -0.2) is 0 Å². The minimum absolute atomic E-state index is 0.150. The summed E-state index contributed by atoms with van der Waals surface area (Å²) in [6.45, 7) is 4.75. The van der Waals surface area contributed by atoms with E-state index in [1.54, 1.807) is 0 Å². The van der Waals surface area contributed by atoms with Gasteiger partial charge in [-0.3, -0.25) is 0 Å². The summed E-state index contributed by atoms with van der Waals surface area (Å²) in [5.41, 5.74) is 22.6. The Hall–Kier alpha value is -8.52. The molecule has 1 aliphatic carbocycles. The zero-order valence-electron chi connectivity index (χ0n) is 38.3. The summed E-state index contributed by atoms with van der Waals surface area (Å²) in [4.78, 5) is 2.54. The zero-order valence-corrected chi connectivity index (χ0v) is 38.3. The maximum absolute atomic E-state index is 2.54. The van der Waals surface area contributed by atoms with Crippen LogP contribution >= 0.6 is 0 Å². The van der Waals surface area contributed by atoms with E-state index < -0.39 is 0 Å². The number of nitrogens with zero attached hydrogens (tertiary/aromatic N) is 1. The molecule has 0 heterocycles. The van der Waals surface area contributed by atoms with E-state index in [0.29, 0.717) is 0 Å². The summed E-state index contributed by atoms with van der Waals surface area (Å²) in [7, 11) is 0. The fourth-order valence-electron chi connectivity index (χ4n) is 10.8. The Kier molecular flexibility index (Phi) is 10.3. The quantitative estimate of drug-likeness (QED) is 0.140. The van der Waals surface area contributed by atoms with Crippen LogP contribution in [0.3, 0.4) is 0 Å². The van der Waals surface area contributed by atoms with E-state index in [9.17, 15) is 0 Å². The predicted molar refractivity (Wildman–Crippen MR) is 289 cm³/mol. The molecule has 1 aliphatic rings. The van der Waals surface area contributed by atoms with Crippen LogP contribution < -0.4 is 4.90 Å². The minimum atomic E-state index is -0.150. The summed E-state index contributed by atoms with van der Waals surface area (Å²) in [5.74, 6) is 0. The Balaban J connectivity index is 1.18. The molecular weight excluding hydrogens is 819 g/mol. The predicted octanol–water partition coefficient (Wildman–Crippen LogP) is 18.6. The molecule has 68 heavy (non-hydrogen) atoms. The van der Waals surface area contributed by atoms with Crippen molar-refractivity contribution in [2.75, 3.05) is 4.90 Å². The van der Waals surface area contributed by atoms with Crippen molar-refractivity contribution in [3.8, 4) is 77.9 Å². The van der Waals surface area contributed by atoms with E-state index in [1.807, 2.05) is 0 Å². The average Bonchev–Trinajstić information content (AvgIpc) is 3.64. The lowest BCUT2D eigenvalue weighted by Crippen LogP contribution is -2.15. The van der Waals surface area contributed by atoms with Crippen LogP contribution in [0.1, 0.15) is 25.0 Å². The molecule has 11 aromatic carbocycles. The molecule has 1 nitrogen and oxygen atoms in total. The van der Waals surface area contributed by atoms with Gasteiger partial charge < -0.3 is 4.90 Å². The zero-order chi connectivity index (χ0) is 45.6. The second-order valence-corrected chi connectivity index (χ2v) is 18.4. The maximum Gasteiger partial charge on any atom is 0.0546 e. The van der Waals surface area contributed by atoms with Gasteiger partial charge in [-0.2, -0.15) is 0 Å². The number of hydrogen-bond acceptors (Lipinski definition) is 1.